The minimum atomic E-state index is -0.687. The third-order valence-electron chi connectivity index (χ3n) is 5.32. The molecular weight excluding hydrogens is 349 g/mol. The van der Waals surface area contributed by atoms with Crippen LogP contribution in [0.4, 0.5) is 0 Å². The molecule has 1 aromatic rings. The van der Waals surface area contributed by atoms with Crippen molar-refractivity contribution in [3.8, 4) is 0 Å². The number of nitrogens with one attached hydrogen (secondary N) is 1. The first kappa shape index (κ1) is 17.6. The number of benzene rings is 1. The van der Waals surface area contributed by atoms with Crippen LogP contribution >= 0.6 is 23.2 Å². The summed E-state index contributed by atoms with van der Waals surface area (Å²) in [4.78, 5) is 24.1. The van der Waals surface area contributed by atoms with Crippen molar-refractivity contribution in [2.45, 2.75) is 38.6 Å². The smallest absolute Gasteiger partial charge is 0.341 e. The maximum absolute atomic E-state index is 12.1. The molecule has 4 atom stereocenters. The van der Waals surface area contributed by atoms with Crippen LogP contribution in [0.25, 0.3) is 0 Å². The zero-order chi connectivity index (χ0) is 17.3. The van der Waals surface area contributed by atoms with Gasteiger partial charge in [-0.15, -0.1) is 0 Å². The summed E-state index contributed by atoms with van der Waals surface area (Å²) in [7, 11) is 0. The summed E-state index contributed by atoms with van der Waals surface area (Å²) in [6, 6.07) is 4.86. The molecule has 0 heterocycles. The van der Waals surface area contributed by atoms with E-state index in [0.29, 0.717) is 5.92 Å². The lowest BCUT2D eigenvalue weighted by atomic mass is 9.84. The van der Waals surface area contributed by atoms with E-state index in [1.807, 2.05) is 6.92 Å². The Labute approximate surface area is 151 Å². The molecule has 0 saturated heterocycles. The fourth-order valence-electron chi connectivity index (χ4n) is 4.21. The highest BCUT2D eigenvalue weighted by Gasteiger charge is 2.42. The Kier molecular flexibility index (Phi) is 5.36. The van der Waals surface area contributed by atoms with Gasteiger partial charge >= 0.3 is 5.97 Å². The van der Waals surface area contributed by atoms with E-state index >= 15 is 0 Å². The van der Waals surface area contributed by atoms with Gasteiger partial charge in [0.25, 0.3) is 5.91 Å². The van der Waals surface area contributed by atoms with E-state index in [1.165, 1.54) is 25.7 Å². The molecule has 0 spiro atoms. The van der Waals surface area contributed by atoms with Crippen molar-refractivity contribution in [1.82, 2.24) is 5.32 Å². The molecule has 1 aromatic carbocycles. The summed E-state index contributed by atoms with van der Waals surface area (Å²) < 4.78 is 5.06. The lowest BCUT2D eigenvalue weighted by molar-refractivity contribution is -0.125. The van der Waals surface area contributed by atoms with Crippen LogP contribution in [0.3, 0.4) is 0 Å². The standard InChI is InChI=1S/C18H21Cl2NO3/c1-10(13-8-11-5-6-12(13)7-11)21-16(22)9-24-18(23)17-14(19)3-2-4-15(17)20/h2-4,10-13H,5-9H2,1H3,(H,21,22)/t10-,11+,12+,13+/m1/s1. The molecule has 0 radical (unpaired) electrons. The van der Waals surface area contributed by atoms with Crippen LogP contribution in [0.2, 0.25) is 10.0 Å². The second-order valence-electron chi connectivity index (χ2n) is 6.87. The highest BCUT2D eigenvalue weighted by molar-refractivity contribution is 6.39. The van der Waals surface area contributed by atoms with Gasteiger partial charge < -0.3 is 10.1 Å². The molecule has 0 unspecified atom stereocenters. The van der Waals surface area contributed by atoms with E-state index < -0.39 is 5.97 Å². The molecule has 24 heavy (non-hydrogen) atoms. The van der Waals surface area contributed by atoms with E-state index in [0.717, 1.165) is 11.8 Å². The zero-order valence-electron chi connectivity index (χ0n) is 13.6. The predicted molar refractivity (Wildman–Crippen MR) is 93.3 cm³/mol. The third kappa shape index (κ3) is 3.70. The Balaban J connectivity index is 1.49. The molecule has 2 aliphatic carbocycles. The first-order chi connectivity index (χ1) is 11.5. The maximum Gasteiger partial charge on any atom is 0.341 e. The highest BCUT2D eigenvalue weighted by Crippen LogP contribution is 2.49. The van der Waals surface area contributed by atoms with Gasteiger partial charge in [0.2, 0.25) is 0 Å². The van der Waals surface area contributed by atoms with Gasteiger partial charge in [-0.2, -0.15) is 0 Å². The molecule has 0 aliphatic heterocycles. The number of halogens is 2. The van der Waals surface area contributed by atoms with E-state index in [4.69, 9.17) is 27.9 Å². The van der Waals surface area contributed by atoms with Crippen LogP contribution in [0.1, 0.15) is 43.0 Å². The van der Waals surface area contributed by atoms with Crippen molar-refractivity contribution in [3.05, 3.63) is 33.8 Å². The normalized spacial score (nSPS) is 26.2. The largest absolute Gasteiger partial charge is 0.452 e. The number of hydrogen-bond donors (Lipinski definition) is 1. The number of rotatable bonds is 5. The van der Waals surface area contributed by atoms with Crippen molar-refractivity contribution in [3.63, 3.8) is 0 Å². The monoisotopic (exact) mass is 369 g/mol. The number of carbonyl (C=O) groups is 2. The highest BCUT2D eigenvalue weighted by atomic mass is 35.5. The number of fused-ring (bicyclic) bond motifs is 2. The average molecular weight is 370 g/mol. The van der Waals surface area contributed by atoms with Gasteiger partial charge in [0.15, 0.2) is 6.61 Å². The van der Waals surface area contributed by atoms with Gasteiger partial charge in [0.05, 0.1) is 15.6 Å². The molecule has 1 amide bonds. The number of carbonyl (C=O) groups excluding carboxylic acids is 2. The van der Waals surface area contributed by atoms with Crippen LogP contribution in [0.15, 0.2) is 18.2 Å². The Morgan fingerprint density at radius 3 is 2.54 bits per heavy atom. The van der Waals surface area contributed by atoms with Gasteiger partial charge in [-0.25, -0.2) is 4.79 Å². The van der Waals surface area contributed by atoms with Gasteiger partial charge in [0.1, 0.15) is 0 Å². The van der Waals surface area contributed by atoms with E-state index in [-0.39, 0.29) is 34.2 Å². The molecule has 1 N–H and O–H groups in total. The fourth-order valence-corrected chi connectivity index (χ4v) is 4.76. The lowest BCUT2D eigenvalue weighted by Crippen LogP contribution is -2.42. The first-order valence-electron chi connectivity index (χ1n) is 8.36. The summed E-state index contributed by atoms with van der Waals surface area (Å²) in [6.45, 7) is 1.71. The van der Waals surface area contributed by atoms with Crippen molar-refractivity contribution in [2.75, 3.05) is 6.61 Å². The topological polar surface area (TPSA) is 55.4 Å². The molecular formula is C18H21Cl2NO3. The summed E-state index contributed by atoms with van der Waals surface area (Å²) in [5.74, 6) is 1.13. The second-order valence-corrected chi connectivity index (χ2v) is 7.68. The molecule has 2 saturated carbocycles. The molecule has 2 bridgehead atoms. The summed E-state index contributed by atoms with van der Waals surface area (Å²) in [5, 5.41) is 3.38. The van der Waals surface area contributed by atoms with Crippen molar-refractivity contribution in [1.29, 1.82) is 0 Å². The molecule has 0 aromatic heterocycles. The Bertz CT molecular complexity index is 629. The molecule has 4 nitrogen and oxygen atoms in total. The molecule has 2 fully saturated rings. The minimum absolute atomic E-state index is 0.0924. The Morgan fingerprint density at radius 1 is 1.25 bits per heavy atom. The van der Waals surface area contributed by atoms with Crippen LogP contribution < -0.4 is 5.32 Å². The van der Waals surface area contributed by atoms with Crippen LogP contribution in [0.5, 0.6) is 0 Å². The minimum Gasteiger partial charge on any atom is -0.452 e. The predicted octanol–water partition coefficient (Wildman–Crippen LogP) is 4.09. The zero-order valence-corrected chi connectivity index (χ0v) is 15.1. The van der Waals surface area contributed by atoms with Gasteiger partial charge in [0, 0.05) is 6.04 Å². The van der Waals surface area contributed by atoms with Crippen LogP contribution in [-0.2, 0) is 9.53 Å². The van der Waals surface area contributed by atoms with E-state index in [1.54, 1.807) is 18.2 Å². The molecule has 2 aliphatic rings. The van der Waals surface area contributed by atoms with Gasteiger partial charge in [-0.1, -0.05) is 35.7 Å². The first-order valence-corrected chi connectivity index (χ1v) is 9.11. The molecule has 3 rings (SSSR count). The lowest BCUT2D eigenvalue weighted by Gasteiger charge is -2.28. The number of amides is 1. The SMILES string of the molecule is C[C@@H](NC(=O)COC(=O)c1c(Cl)cccc1Cl)[C@@H]1C[C@H]2CC[C@H]1C2. The number of ether oxygens (including phenoxy) is 1. The van der Waals surface area contributed by atoms with E-state index in [9.17, 15) is 9.59 Å². The van der Waals surface area contributed by atoms with Gasteiger partial charge in [-0.3, -0.25) is 4.79 Å². The summed E-state index contributed by atoms with van der Waals surface area (Å²) in [5.41, 5.74) is 0.0924. The van der Waals surface area contributed by atoms with E-state index in [2.05, 4.69) is 5.32 Å². The van der Waals surface area contributed by atoms with Crippen LogP contribution in [0, 0.1) is 17.8 Å². The fraction of sp³-hybridized carbons (Fsp3) is 0.556. The maximum atomic E-state index is 12.1. The van der Waals surface area contributed by atoms with Crippen molar-refractivity contribution < 1.29 is 14.3 Å². The second kappa shape index (κ2) is 7.32. The third-order valence-corrected chi connectivity index (χ3v) is 5.95. The number of esters is 1. The van der Waals surface area contributed by atoms with Crippen LogP contribution in [-0.4, -0.2) is 24.5 Å². The Hall–Kier alpha value is -1.26. The number of hydrogen-bond acceptors (Lipinski definition) is 3. The average Bonchev–Trinajstić information content (AvgIpc) is 3.15. The van der Waals surface area contributed by atoms with Gasteiger partial charge in [-0.05, 0) is 56.1 Å². The van der Waals surface area contributed by atoms with Crippen molar-refractivity contribution >= 4 is 35.1 Å². The van der Waals surface area contributed by atoms with Crippen molar-refractivity contribution in [2.24, 2.45) is 17.8 Å². The quantitative estimate of drug-likeness (QED) is 0.795. The molecule has 6 heteroatoms. The summed E-state index contributed by atoms with van der Waals surface area (Å²) >= 11 is 11.9. The Morgan fingerprint density at radius 2 is 1.96 bits per heavy atom. The molecule has 130 valence electrons. The summed E-state index contributed by atoms with van der Waals surface area (Å²) in [6.07, 6.45) is 5.10.